The summed E-state index contributed by atoms with van der Waals surface area (Å²) in [5.41, 5.74) is 7.33. The Morgan fingerprint density at radius 3 is 3.00 bits per heavy atom. The highest BCUT2D eigenvalue weighted by molar-refractivity contribution is 9.10. The number of nitrogens with zero attached hydrogens (tertiary/aromatic N) is 2. The lowest BCUT2D eigenvalue weighted by molar-refractivity contribution is -0.0210. The second kappa shape index (κ2) is 6.49. The lowest BCUT2D eigenvalue weighted by Crippen LogP contribution is -2.48. The molecule has 4 nitrogen and oxygen atoms in total. The highest BCUT2D eigenvalue weighted by atomic mass is 79.9. The zero-order valence-electron chi connectivity index (χ0n) is 10.9. The van der Waals surface area contributed by atoms with Crippen LogP contribution in [0.2, 0.25) is 0 Å². The van der Waals surface area contributed by atoms with Crippen LogP contribution in [0.25, 0.3) is 0 Å². The van der Waals surface area contributed by atoms with E-state index >= 15 is 0 Å². The Morgan fingerprint density at radius 2 is 2.37 bits per heavy atom. The molecule has 3 atom stereocenters. The second-order valence-corrected chi connectivity index (χ2v) is 5.76. The third-order valence-corrected chi connectivity index (χ3v) is 3.82. The van der Waals surface area contributed by atoms with E-state index in [1.54, 1.807) is 0 Å². The molecule has 0 amide bonds. The molecular formula is C14H18BrN3O. The average Bonchev–Trinajstić information content (AvgIpc) is 2.39. The van der Waals surface area contributed by atoms with Crippen LogP contribution in [0.3, 0.4) is 0 Å². The van der Waals surface area contributed by atoms with Crippen LogP contribution in [0.4, 0.5) is 0 Å². The van der Waals surface area contributed by atoms with E-state index in [2.05, 4.69) is 39.0 Å². The molecule has 2 N–H and O–H groups in total. The lowest BCUT2D eigenvalue weighted by atomic mass is 9.98. The summed E-state index contributed by atoms with van der Waals surface area (Å²) in [7, 11) is 0. The maximum absolute atomic E-state index is 9.00. The van der Waals surface area contributed by atoms with Crippen LogP contribution in [-0.4, -0.2) is 36.7 Å². The van der Waals surface area contributed by atoms with Gasteiger partial charge in [-0.3, -0.25) is 4.90 Å². The van der Waals surface area contributed by atoms with E-state index in [1.165, 1.54) is 5.56 Å². The molecule has 1 fully saturated rings. The van der Waals surface area contributed by atoms with Crippen LogP contribution in [0.5, 0.6) is 0 Å². The number of benzene rings is 1. The summed E-state index contributed by atoms with van der Waals surface area (Å²) in [4.78, 5) is 2.24. The maximum Gasteiger partial charge on any atom is 0.156 e. The molecule has 0 radical (unpaired) electrons. The molecule has 3 unspecified atom stereocenters. The third-order valence-electron chi connectivity index (χ3n) is 3.32. The summed E-state index contributed by atoms with van der Waals surface area (Å²) in [6, 6.07) is 10.5. The van der Waals surface area contributed by atoms with Crippen molar-refractivity contribution in [2.45, 2.75) is 25.1 Å². The van der Waals surface area contributed by atoms with Crippen molar-refractivity contribution in [2.75, 3.05) is 19.7 Å². The predicted octanol–water partition coefficient (Wildman–Crippen LogP) is 2.06. The Kier molecular flexibility index (Phi) is 4.94. The van der Waals surface area contributed by atoms with E-state index in [-0.39, 0.29) is 18.2 Å². The summed E-state index contributed by atoms with van der Waals surface area (Å²) in [5.74, 6) is 0. The van der Waals surface area contributed by atoms with E-state index in [4.69, 9.17) is 15.7 Å². The van der Waals surface area contributed by atoms with Gasteiger partial charge in [0.2, 0.25) is 0 Å². The van der Waals surface area contributed by atoms with E-state index in [0.717, 1.165) is 11.0 Å². The van der Waals surface area contributed by atoms with Crippen LogP contribution >= 0.6 is 15.9 Å². The standard InChI is InChI=1S/C14H18BrN3O/c1-10(17)14(11-3-2-4-12(15)7-11)18-5-6-19-13(8-16)9-18/h2-4,7,10,13-14H,5-6,9,17H2,1H3. The first-order valence-corrected chi connectivity index (χ1v) is 7.17. The normalized spacial score (nSPS) is 23.6. The van der Waals surface area contributed by atoms with Gasteiger partial charge in [0.25, 0.3) is 0 Å². The van der Waals surface area contributed by atoms with Gasteiger partial charge in [-0.25, -0.2) is 0 Å². The second-order valence-electron chi connectivity index (χ2n) is 4.84. The first-order chi connectivity index (χ1) is 9.11. The number of hydrogen-bond donors (Lipinski definition) is 1. The van der Waals surface area contributed by atoms with Gasteiger partial charge >= 0.3 is 0 Å². The highest BCUT2D eigenvalue weighted by Gasteiger charge is 2.29. The highest BCUT2D eigenvalue weighted by Crippen LogP contribution is 2.27. The molecule has 1 aliphatic heterocycles. The van der Waals surface area contributed by atoms with Gasteiger partial charge in [-0.2, -0.15) is 5.26 Å². The molecule has 0 aromatic heterocycles. The van der Waals surface area contributed by atoms with Crippen LogP contribution in [0.1, 0.15) is 18.5 Å². The fourth-order valence-corrected chi connectivity index (χ4v) is 2.95. The van der Waals surface area contributed by atoms with Gasteiger partial charge in [-0.05, 0) is 24.6 Å². The van der Waals surface area contributed by atoms with Crippen LogP contribution < -0.4 is 5.73 Å². The van der Waals surface area contributed by atoms with Gasteiger partial charge in [-0.15, -0.1) is 0 Å². The molecule has 19 heavy (non-hydrogen) atoms. The Labute approximate surface area is 122 Å². The Bertz CT molecular complexity index is 472. The van der Waals surface area contributed by atoms with Crippen molar-refractivity contribution in [3.63, 3.8) is 0 Å². The molecule has 2 rings (SSSR count). The minimum absolute atomic E-state index is 0.00765. The Hall–Kier alpha value is -0.930. The quantitative estimate of drug-likeness (QED) is 0.924. The molecule has 102 valence electrons. The fourth-order valence-electron chi connectivity index (χ4n) is 2.54. The van der Waals surface area contributed by atoms with Gasteiger partial charge < -0.3 is 10.5 Å². The number of halogens is 1. The Balaban J connectivity index is 2.23. The molecule has 1 aromatic rings. The number of rotatable bonds is 3. The summed E-state index contributed by atoms with van der Waals surface area (Å²) < 4.78 is 6.44. The molecule has 1 heterocycles. The molecular weight excluding hydrogens is 306 g/mol. The van der Waals surface area contributed by atoms with Crippen molar-refractivity contribution < 1.29 is 4.74 Å². The van der Waals surface area contributed by atoms with Crippen molar-refractivity contribution in [3.8, 4) is 6.07 Å². The topological polar surface area (TPSA) is 62.3 Å². The zero-order chi connectivity index (χ0) is 13.8. The molecule has 1 aromatic carbocycles. The smallest absolute Gasteiger partial charge is 0.156 e. The molecule has 0 spiro atoms. The molecule has 0 aliphatic carbocycles. The minimum Gasteiger partial charge on any atom is -0.361 e. The van der Waals surface area contributed by atoms with E-state index in [0.29, 0.717) is 13.2 Å². The number of ether oxygens (including phenoxy) is 1. The fraction of sp³-hybridized carbons (Fsp3) is 0.500. The molecule has 1 aliphatic rings. The largest absolute Gasteiger partial charge is 0.361 e. The van der Waals surface area contributed by atoms with Gasteiger partial charge in [-0.1, -0.05) is 28.1 Å². The van der Waals surface area contributed by atoms with Crippen LogP contribution in [0, 0.1) is 11.3 Å². The zero-order valence-corrected chi connectivity index (χ0v) is 12.5. The number of nitrogens with two attached hydrogens (primary N) is 1. The maximum atomic E-state index is 9.00. The van der Waals surface area contributed by atoms with Crippen molar-refractivity contribution in [1.82, 2.24) is 4.90 Å². The number of nitriles is 1. The monoisotopic (exact) mass is 323 g/mol. The van der Waals surface area contributed by atoms with Gasteiger partial charge in [0.05, 0.1) is 12.7 Å². The summed E-state index contributed by atoms with van der Waals surface area (Å²) in [6.45, 7) is 3.99. The molecule has 5 heteroatoms. The van der Waals surface area contributed by atoms with Crippen LogP contribution in [-0.2, 0) is 4.74 Å². The van der Waals surface area contributed by atoms with Crippen molar-refractivity contribution in [2.24, 2.45) is 5.73 Å². The average molecular weight is 324 g/mol. The first-order valence-electron chi connectivity index (χ1n) is 6.38. The number of hydrogen-bond acceptors (Lipinski definition) is 4. The van der Waals surface area contributed by atoms with E-state index in [9.17, 15) is 0 Å². The third kappa shape index (κ3) is 3.54. The molecule has 1 saturated heterocycles. The van der Waals surface area contributed by atoms with Crippen molar-refractivity contribution in [3.05, 3.63) is 34.3 Å². The minimum atomic E-state index is -0.359. The number of morpholine rings is 1. The SMILES string of the molecule is CC(N)C(c1cccc(Br)c1)N1CCOC(C#N)C1. The summed E-state index contributed by atoms with van der Waals surface area (Å²) >= 11 is 3.49. The summed E-state index contributed by atoms with van der Waals surface area (Å²) in [5, 5.41) is 9.00. The lowest BCUT2D eigenvalue weighted by Gasteiger charge is -2.38. The van der Waals surface area contributed by atoms with Gasteiger partial charge in [0, 0.05) is 29.6 Å². The van der Waals surface area contributed by atoms with E-state index in [1.807, 2.05) is 19.1 Å². The van der Waals surface area contributed by atoms with Crippen LogP contribution in [0.15, 0.2) is 28.7 Å². The van der Waals surface area contributed by atoms with Gasteiger partial charge in [0.1, 0.15) is 0 Å². The van der Waals surface area contributed by atoms with Crippen molar-refractivity contribution >= 4 is 15.9 Å². The van der Waals surface area contributed by atoms with Gasteiger partial charge in [0.15, 0.2) is 6.10 Å². The van der Waals surface area contributed by atoms with E-state index < -0.39 is 0 Å². The first kappa shape index (κ1) is 14.5. The Morgan fingerprint density at radius 1 is 1.58 bits per heavy atom. The van der Waals surface area contributed by atoms with Crippen molar-refractivity contribution in [1.29, 1.82) is 5.26 Å². The summed E-state index contributed by atoms with van der Waals surface area (Å²) in [6.07, 6.45) is -0.359. The molecule has 0 bridgehead atoms. The molecule has 0 saturated carbocycles. The predicted molar refractivity (Wildman–Crippen MR) is 77.5 cm³/mol.